The molecule has 1 aromatic heterocycles. The quantitative estimate of drug-likeness (QED) is 0.390. The van der Waals surface area contributed by atoms with Gasteiger partial charge in [0.15, 0.2) is 0 Å². The number of nitrogens with zero attached hydrogens (tertiary/aromatic N) is 2. The molecule has 1 heterocycles. The number of hydrogen-bond acceptors (Lipinski definition) is 5. The van der Waals surface area contributed by atoms with Crippen LogP contribution in [-0.4, -0.2) is 16.6 Å². The Morgan fingerprint density at radius 3 is 2.17 bits per heavy atom. The lowest BCUT2D eigenvalue weighted by atomic mass is 10.2. The molecule has 3 rings (SSSR count). The summed E-state index contributed by atoms with van der Waals surface area (Å²) in [4.78, 5) is 7.86. The molecule has 0 spiro atoms. The highest BCUT2D eigenvalue weighted by Crippen LogP contribution is 2.35. The van der Waals surface area contributed by atoms with Gasteiger partial charge >= 0.3 is 6.18 Å². The Hall–Kier alpha value is -2.81. The van der Waals surface area contributed by atoms with Crippen molar-refractivity contribution in [3.05, 3.63) is 64.8 Å². The van der Waals surface area contributed by atoms with E-state index in [0.29, 0.717) is 29.6 Å². The van der Waals surface area contributed by atoms with Crippen molar-refractivity contribution in [3.8, 4) is 5.75 Å². The first-order chi connectivity index (χ1) is 14.2. The normalized spacial score (nSPS) is 11.4. The Kier molecular flexibility index (Phi) is 6.81. The second-order valence-corrected chi connectivity index (χ2v) is 7.86. The molecule has 0 radical (unpaired) electrons. The summed E-state index contributed by atoms with van der Waals surface area (Å²) in [5.74, 6) is 0.817. The molecule has 0 unspecified atom stereocenters. The van der Waals surface area contributed by atoms with Gasteiger partial charge in [-0.05, 0) is 54.4 Å². The lowest BCUT2D eigenvalue weighted by molar-refractivity contribution is -0.137. The Labute approximate surface area is 180 Å². The highest BCUT2D eigenvalue weighted by atomic mass is 79.9. The fourth-order valence-electron chi connectivity index (χ4n) is 2.44. The summed E-state index contributed by atoms with van der Waals surface area (Å²) in [7, 11) is 0. The van der Waals surface area contributed by atoms with Crippen molar-refractivity contribution in [3.63, 3.8) is 0 Å². The monoisotopic (exact) mass is 480 g/mol. The van der Waals surface area contributed by atoms with Crippen molar-refractivity contribution in [2.75, 3.05) is 17.2 Å². The van der Waals surface area contributed by atoms with E-state index in [1.165, 1.54) is 0 Å². The van der Waals surface area contributed by atoms with E-state index in [2.05, 4.69) is 50.4 Å². The predicted molar refractivity (Wildman–Crippen MR) is 115 cm³/mol. The summed E-state index contributed by atoms with van der Waals surface area (Å²) in [5.41, 5.74) is 0.148. The number of nitrogens with one attached hydrogen (secondary N) is 2. The van der Waals surface area contributed by atoms with Crippen LogP contribution in [0.1, 0.15) is 19.4 Å². The van der Waals surface area contributed by atoms with Crippen LogP contribution in [-0.2, 0) is 6.18 Å². The molecule has 0 amide bonds. The minimum absolute atomic E-state index is 0.0402. The number of anilines is 4. The fraction of sp³-hybridized carbons (Fsp3) is 0.238. The van der Waals surface area contributed by atoms with Crippen molar-refractivity contribution in [2.24, 2.45) is 5.92 Å². The summed E-state index contributed by atoms with van der Waals surface area (Å²) in [6.07, 6.45) is -3.83. The molecule has 3 aromatic rings. The van der Waals surface area contributed by atoms with Crippen molar-refractivity contribution < 1.29 is 17.9 Å². The van der Waals surface area contributed by atoms with Gasteiger partial charge in [0.2, 0.25) is 5.95 Å². The van der Waals surface area contributed by atoms with E-state index in [1.54, 1.807) is 48.5 Å². The zero-order valence-electron chi connectivity index (χ0n) is 16.3. The van der Waals surface area contributed by atoms with Gasteiger partial charge in [-0.15, -0.1) is 0 Å². The largest absolute Gasteiger partial charge is 0.493 e. The zero-order valence-corrected chi connectivity index (χ0v) is 17.9. The van der Waals surface area contributed by atoms with Crippen LogP contribution in [0.15, 0.2) is 59.2 Å². The van der Waals surface area contributed by atoms with Gasteiger partial charge in [0.25, 0.3) is 0 Å². The topological polar surface area (TPSA) is 59.1 Å². The summed E-state index contributed by atoms with van der Waals surface area (Å²) in [5, 5.41) is 5.63. The van der Waals surface area contributed by atoms with Gasteiger partial charge in [0.05, 0.1) is 6.61 Å². The zero-order chi connectivity index (χ0) is 21.7. The Balaban J connectivity index is 1.81. The van der Waals surface area contributed by atoms with E-state index in [0.717, 1.165) is 10.7 Å². The van der Waals surface area contributed by atoms with Gasteiger partial charge in [-0.2, -0.15) is 18.2 Å². The molecule has 0 saturated heterocycles. The first-order valence-electron chi connectivity index (χ1n) is 9.17. The molecule has 5 nitrogen and oxygen atoms in total. The van der Waals surface area contributed by atoms with E-state index in [1.807, 2.05) is 0 Å². The molecular weight excluding hydrogens is 461 g/mol. The third kappa shape index (κ3) is 6.09. The molecule has 0 bridgehead atoms. The SMILES string of the molecule is CC(C)COc1ccc(Nc2ncc(C(F)(F)F)c(Nc3ccc(Br)cc3)n2)cc1. The van der Waals surface area contributed by atoms with E-state index in [9.17, 15) is 13.2 Å². The molecular formula is C21H20BrF3N4O. The lowest BCUT2D eigenvalue weighted by Crippen LogP contribution is -2.12. The van der Waals surface area contributed by atoms with Crippen molar-refractivity contribution in [1.29, 1.82) is 0 Å². The first-order valence-corrected chi connectivity index (χ1v) is 9.97. The molecule has 0 aliphatic heterocycles. The first kappa shape index (κ1) is 21.9. The lowest BCUT2D eigenvalue weighted by Gasteiger charge is -2.15. The van der Waals surface area contributed by atoms with Crippen molar-refractivity contribution in [1.82, 2.24) is 9.97 Å². The molecule has 158 valence electrons. The van der Waals surface area contributed by atoms with Gasteiger partial charge in [-0.25, -0.2) is 4.98 Å². The van der Waals surface area contributed by atoms with Crippen LogP contribution >= 0.6 is 15.9 Å². The number of rotatable bonds is 7. The van der Waals surface area contributed by atoms with Gasteiger partial charge < -0.3 is 15.4 Å². The molecule has 0 atom stereocenters. The maximum Gasteiger partial charge on any atom is 0.421 e. The van der Waals surface area contributed by atoms with Crippen LogP contribution in [0.4, 0.5) is 36.3 Å². The van der Waals surface area contributed by atoms with Crippen molar-refractivity contribution in [2.45, 2.75) is 20.0 Å². The molecule has 2 N–H and O–H groups in total. The molecule has 0 fully saturated rings. The minimum atomic E-state index is -4.59. The van der Waals surface area contributed by atoms with E-state index >= 15 is 0 Å². The fourth-order valence-corrected chi connectivity index (χ4v) is 2.71. The standard InChI is InChI=1S/C21H20BrF3N4O/c1-13(2)12-30-17-9-7-16(8-10-17)28-20-26-11-18(21(23,24)25)19(29-20)27-15-5-3-14(22)4-6-15/h3-11,13H,12H2,1-2H3,(H2,26,27,28,29). The minimum Gasteiger partial charge on any atom is -0.493 e. The van der Waals surface area contributed by atoms with Gasteiger partial charge in [0.1, 0.15) is 17.1 Å². The van der Waals surface area contributed by atoms with Crippen LogP contribution in [0, 0.1) is 5.92 Å². The van der Waals surface area contributed by atoms with E-state index in [-0.39, 0.29) is 11.8 Å². The van der Waals surface area contributed by atoms with Gasteiger partial charge in [-0.3, -0.25) is 0 Å². The Bertz CT molecular complexity index is 977. The maximum absolute atomic E-state index is 13.4. The summed E-state index contributed by atoms with van der Waals surface area (Å²) < 4.78 is 46.6. The molecule has 2 aromatic carbocycles. The van der Waals surface area contributed by atoms with Gasteiger partial charge in [-0.1, -0.05) is 29.8 Å². The Morgan fingerprint density at radius 2 is 1.57 bits per heavy atom. The molecule has 9 heteroatoms. The molecule has 0 aliphatic rings. The van der Waals surface area contributed by atoms with Crippen LogP contribution in [0.2, 0.25) is 0 Å². The van der Waals surface area contributed by atoms with Crippen LogP contribution in [0.5, 0.6) is 5.75 Å². The van der Waals surface area contributed by atoms with Crippen LogP contribution in [0.3, 0.4) is 0 Å². The highest BCUT2D eigenvalue weighted by Gasteiger charge is 2.35. The molecule has 0 saturated carbocycles. The van der Waals surface area contributed by atoms with Gasteiger partial charge in [0, 0.05) is 22.0 Å². The van der Waals surface area contributed by atoms with Crippen LogP contribution < -0.4 is 15.4 Å². The number of aromatic nitrogens is 2. The molecule has 30 heavy (non-hydrogen) atoms. The average molecular weight is 481 g/mol. The number of halogens is 4. The maximum atomic E-state index is 13.4. The number of alkyl halides is 3. The average Bonchev–Trinajstić information content (AvgIpc) is 2.68. The smallest absolute Gasteiger partial charge is 0.421 e. The number of benzene rings is 2. The van der Waals surface area contributed by atoms with Crippen LogP contribution in [0.25, 0.3) is 0 Å². The number of hydrogen-bond donors (Lipinski definition) is 2. The second-order valence-electron chi connectivity index (χ2n) is 6.94. The van der Waals surface area contributed by atoms with E-state index < -0.39 is 11.7 Å². The highest BCUT2D eigenvalue weighted by molar-refractivity contribution is 9.10. The second kappa shape index (κ2) is 9.34. The summed E-state index contributed by atoms with van der Waals surface area (Å²) >= 11 is 3.30. The number of ether oxygens (including phenoxy) is 1. The van der Waals surface area contributed by atoms with E-state index in [4.69, 9.17) is 4.74 Å². The molecule has 0 aliphatic carbocycles. The third-order valence-corrected chi connectivity index (χ3v) is 4.42. The van der Waals surface area contributed by atoms with Crippen molar-refractivity contribution >= 4 is 39.1 Å². The third-order valence-electron chi connectivity index (χ3n) is 3.89. The summed E-state index contributed by atoms with van der Waals surface area (Å²) in [6, 6.07) is 13.8. The Morgan fingerprint density at radius 1 is 0.967 bits per heavy atom. The summed E-state index contributed by atoms with van der Waals surface area (Å²) in [6.45, 7) is 4.70. The predicted octanol–water partition coefficient (Wildman–Crippen LogP) is 6.78.